The molecule has 178 valence electrons. The average Bonchev–Trinajstić information content (AvgIpc) is 2.71. The molecule has 1 heterocycles. The van der Waals surface area contributed by atoms with Gasteiger partial charge in [-0.05, 0) is 48.2 Å². The van der Waals surface area contributed by atoms with Gasteiger partial charge >= 0.3 is 5.69 Å². The van der Waals surface area contributed by atoms with E-state index in [4.69, 9.17) is 4.74 Å². The normalized spacial score (nSPS) is 11.5. The first-order valence-electron chi connectivity index (χ1n) is 10.4. The van der Waals surface area contributed by atoms with Crippen LogP contribution in [0.5, 0.6) is 5.75 Å². The average molecular weight is 482 g/mol. The molecule has 1 aromatic heterocycles. The van der Waals surface area contributed by atoms with Crippen LogP contribution in [0.2, 0.25) is 0 Å². The second kappa shape index (κ2) is 9.23. The van der Waals surface area contributed by atoms with Crippen LogP contribution >= 0.6 is 0 Å². The predicted molar refractivity (Wildman–Crippen MR) is 134 cm³/mol. The fraction of sp³-hybridized carbons (Fsp3) is 0.280. The maximum absolute atomic E-state index is 12.4. The second-order valence-corrected chi connectivity index (χ2v) is 10.7. The molecule has 3 rings (SSSR count). The Morgan fingerprint density at radius 1 is 1.03 bits per heavy atom. The third-order valence-electron chi connectivity index (χ3n) is 5.06. The van der Waals surface area contributed by atoms with Crippen LogP contribution < -0.4 is 20.7 Å². The molecule has 0 radical (unpaired) electrons. The van der Waals surface area contributed by atoms with Gasteiger partial charge in [0.1, 0.15) is 5.75 Å². The van der Waals surface area contributed by atoms with Crippen molar-refractivity contribution in [1.29, 1.82) is 0 Å². The number of ether oxygens (including phenoxy) is 1. The Kier molecular flexibility index (Phi) is 6.75. The first-order valence-corrected chi connectivity index (χ1v) is 12.3. The zero-order chi connectivity index (χ0) is 25.3. The molecule has 8 nitrogen and oxygen atoms in total. The van der Waals surface area contributed by atoms with E-state index in [9.17, 15) is 18.0 Å². The molecule has 0 unspecified atom stereocenters. The van der Waals surface area contributed by atoms with Gasteiger partial charge in [0, 0.05) is 29.1 Å². The molecule has 0 atom stereocenters. The number of hydrogen-bond donors (Lipinski definition) is 2. The van der Waals surface area contributed by atoms with E-state index in [0.29, 0.717) is 28.3 Å². The summed E-state index contributed by atoms with van der Waals surface area (Å²) in [5, 5.41) is 0. The zero-order valence-corrected chi connectivity index (χ0v) is 20.8. The van der Waals surface area contributed by atoms with Gasteiger partial charge in [0.05, 0.1) is 24.6 Å². The number of methoxy groups -OCH3 is 1. The Morgan fingerprint density at radius 2 is 1.71 bits per heavy atom. The van der Waals surface area contributed by atoms with Crippen LogP contribution in [0, 0.1) is 18.8 Å². The van der Waals surface area contributed by atoms with Crippen LogP contribution in [0.4, 0.5) is 5.69 Å². The summed E-state index contributed by atoms with van der Waals surface area (Å²) in [4.78, 5) is 27.4. The van der Waals surface area contributed by atoms with Gasteiger partial charge < -0.3 is 9.72 Å². The van der Waals surface area contributed by atoms with Gasteiger partial charge in [-0.2, -0.15) is 0 Å². The molecule has 0 saturated carbocycles. The fourth-order valence-electron chi connectivity index (χ4n) is 3.50. The summed E-state index contributed by atoms with van der Waals surface area (Å²) in [6, 6.07) is 9.74. The summed E-state index contributed by atoms with van der Waals surface area (Å²) in [6.45, 7) is 7.83. The molecular weight excluding hydrogens is 454 g/mol. The van der Waals surface area contributed by atoms with Crippen LogP contribution in [-0.2, 0) is 15.4 Å². The SMILES string of the molecule is COc1c(C#Cc2ccc(NS(C)(=O)=O)cc2C)cc(-n2c(=O)cc[nH]c2=O)cc1C(C)(C)C. The van der Waals surface area contributed by atoms with Gasteiger partial charge in [-0.3, -0.25) is 9.52 Å². The molecule has 0 aliphatic rings. The summed E-state index contributed by atoms with van der Waals surface area (Å²) >= 11 is 0. The number of aromatic amines is 1. The Hall–Kier alpha value is -3.77. The van der Waals surface area contributed by atoms with Crippen LogP contribution in [-0.4, -0.2) is 31.3 Å². The van der Waals surface area contributed by atoms with E-state index in [1.54, 1.807) is 37.4 Å². The topological polar surface area (TPSA) is 110 Å². The Bertz CT molecular complexity index is 1500. The summed E-state index contributed by atoms with van der Waals surface area (Å²) in [7, 11) is -1.84. The van der Waals surface area contributed by atoms with Gasteiger partial charge in [0.25, 0.3) is 5.56 Å². The number of sulfonamides is 1. The van der Waals surface area contributed by atoms with Crippen molar-refractivity contribution in [2.75, 3.05) is 18.1 Å². The molecule has 0 aliphatic heterocycles. The van der Waals surface area contributed by atoms with Gasteiger partial charge in [-0.15, -0.1) is 0 Å². The Balaban J connectivity index is 2.21. The monoisotopic (exact) mass is 481 g/mol. The highest BCUT2D eigenvalue weighted by atomic mass is 32.2. The van der Waals surface area contributed by atoms with Gasteiger partial charge in [-0.25, -0.2) is 17.8 Å². The third kappa shape index (κ3) is 5.58. The van der Waals surface area contributed by atoms with E-state index < -0.39 is 21.3 Å². The zero-order valence-electron chi connectivity index (χ0n) is 19.9. The minimum atomic E-state index is -3.39. The number of anilines is 1. The molecule has 0 fully saturated rings. The number of nitrogens with one attached hydrogen (secondary N) is 2. The number of H-pyrrole nitrogens is 1. The minimum absolute atomic E-state index is 0.363. The quantitative estimate of drug-likeness (QED) is 0.557. The highest BCUT2D eigenvalue weighted by Gasteiger charge is 2.23. The third-order valence-corrected chi connectivity index (χ3v) is 5.67. The maximum atomic E-state index is 12.4. The molecule has 2 N–H and O–H groups in total. The van der Waals surface area contributed by atoms with E-state index in [2.05, 4.69) is 21.5 Å². The van der Waals surface area contributed by atoms with Gasteiger partial charge in [0.2, 0.25) is 10.0 Å². The molecule has 0 spiro atoms. The largest absolute Gasteiger partial charge is 0.495 e. The predicted octanol–water partition coefficient (Wildman–Crippen LogP) is 2.91. The van der Waals surface area contributed by atoms with Crippen molar-refractivity contribution in [3.8, 4) is 23.3 Å². The number of nitrogens with zero attached hydrogens (tertiary/aromatic N) is 1. The molecule has 3 aromatic rings. The molecule has 0 saturated heterocycles. The summed E-state index contributed by atoms with van der Waals surface area (Å²) in [6.07, 6.45) is 2.40. The molecule has 34 heavy (non-hydrogen) atoms. The lowest BCUT2D eigenvalue weighted by atomic mass is 9.84. The van der Waals surface area contributed by atoms with Crippen molar-refractivity contribution < 1.29 is 13.2 Å². The van der Waals surface area contributed by atoms with E-state index in [1.165, 1.54) is 12.3 Å². The van der Waals surface area contributed by atoms with Crippen molar-refractivity contribution in [2.45, 2.75) is 33.1 Å². The van der Waals surface area contributed by atoms with Crippen LogP contribution in [0.3, 0.4) is 0 Å². The van der Waals surface area contributed by atoms with Crippen molar-refractivity contribution in [1.82, 2.24) is 9.55 Å². The van der Waals surface area contributed by atoms with E-state index in [-0.39, 0.29) is 5.41 Å². The molecular formula is C25H27N3O5S. The Morgan fingerprint density at radius 3 is 2.26 bits per heavy atom. The van der Waals surface area contributed by atoms with Crippen LogP contribution in [0.15, 0.2) is 52.2 Å². The smallest absolute Gasteiger partial charge is 0.332 e. The van der Waals surface area contributed by atoms with Crippen molar-refractivity contribution in [2.24, 2.45) is 0 Å². The number of aromatic nitrogens is 2. The number of hydrogen-bond acceptors (Lipinski definition) is 5. The van der Waals surface area contributed by atoms with Crippen molar-refractivity contribution in [3.63, 3.8) is 0 Å². The Labute approximate surface area is 198 Å². The molecule has 0 aliphatic carbocycles. The molecule has 2 aromatic carbocycles. The van der Waals surface area contributed by atoms with Crippen molar-refractivity contribution >= 4 is 15.7 Å². The minimum Gasteiger partial charge on any atom is -0.495 e. The van der Waals surface area contributed by atoms with E-state index in [0.717, 1.165) is 21.9 Å². The fourth-order valence-corrected chi connectivity index (χ4v) is 4.05. The molecule has 0 amide bonds. The number of rotatable bonds is 4. The van der Waals surface area contributed by atoms with Crippen LogP contribution in [0.25, 0.3) is 5.69 Å². The standard InChI is InChI=1S/C25H27N3O5S/c1-16-13-19(27-34(6,31)32)10-9-17(16)7-8-18-14-20(28-22(29)11-12-26-24(28)30)15-21(23(18)33-5)25(2,3)4/h9-15,27H,1-6H3,(H,26,30). The van der Waals surface area contributed by atoms with Gasteiger partial charge in [-0.1, -0.05) is 32.6 Å². The molecule has 9 heteroatoms. The highest BCUT2D eigenvalue weighted by molar-refractivity contribution is 7.92. The second-order valence-electron chi connectivity index (χ2n) is 8.93. The van der Waals surface area contributed by atoms with Crippen LogP contribution in [0.1, 0.15) is 43.0 Å². The lowest BCUT2D eigenvalue weighted by molar-refractivity contribution is 0.396. The summed E-state index contributed by atoms with van der Waals surface area (Å²) in [5.41, 5.74) is 2.22. The summed E-state index contributed by atoms with van der Waals surface area (Å²) in [5.74, 6) is 6.76. The highest BCUT2D eigenvalue weighted by Crippen LogP contribution is 2.35. The maximum Gasteiger partial charge on any atom is 0.332 e. The lowest BCUT2D eigenvalue weighted by Gasteiger charge is -2.24. The molecule has 0 bridgehead atoms. The summed E-state index contributed by atoms with van der Waals surface area (Å²) < 4.78 is 32.2. The van der Waals surface area contributed by atoms with E-state index >= 15 is 0 Å². The van der Waals surface area contributed by atoms with Gasteiger partial charge in [0.15, 0.2) is 0 Å². The number of aryl methyl sites for hydroxylation is 1. The van der Waals surface area contributed by atoms with Crippen molar-refractivity contribution in [3.05, 3.63) is 85.7 Å². The number of benzene rings is 2. The first-order chi connectivity index (χ1) is 15.8. The van der Waals surface area contributed by atoms with E-state index in [1.807, 2.05) is 27.7 Å². The first kappa shape index (κ1) is 24.9. The lowest BCUT2D eigenvalue weighted by Crippen LogP contribution is -2.32.